The standard InChI is InChI=1S/C16H20N2O4/c1-21-12-5-6-14-13(8-12)18-15(22-14)9-17-16(20)10-3-2-4-11(19)7-10/h5-6,8,10-11,19H,2-4,7,9H2,1H3,(H,17,20)/t10-,11+/m1/s1. The Morgan fingerprint density at radius 1 is 1.50 bits per heavy atom. The number of hydrogen-bond acceptors (Lipinski definition) is 5. The maximum Gasteiger partial charge on any atom is 0.223 e. The molecule has 1 aliphatic carbocycles. The zero-order valence-corrected chi connectivity index (χ0v) is 12.5. The molecule has 0 bridgehead atoms. The number of aliphatic hydroxyl groups is 1. The number of amides is 1. The van der Waals surface area contributed by atoms with Crippen LogP contribution in [0.1, 0.15) is 31.6 Å². The molecule has 22 heavy (non-hydrogen) atoms. The van der Waals surface area contributed by atoms with Gasteiger partial charge in [-0.1, -0.05) is 6.42 Å². The van der Waals surface area contributed by atoms with E-state index in [2.05, 4.69) is 10.3 Å². The van der Waals surface area contributed by atoms with Crippen LogP contribution in [-0.4, -0.2) is 29.2 Å². The van der Waals surface area contributed by atoms with E-state index in [1.165, 1.54) is 0 Å². The number of benzene rings is 1. The van der Waals surface area contributed by atoms with Crippen LogP contribution in [0.15, 0.2) is 22.6 Å². The molecular weight excluding hydrogens is 284 g/mol. The van der Waals surface area contributed by atoms with Crippen molar-refractivity contribution in [2.45, 2.75) is 38.3 Å². The fraction of sp³-hybridized carbons (Fsp3) is 0.500. The summed E-state index contributed by atoms with van der Waals surface area (Å²) in [5, 5.41) is 12.5. The van der Waals surface area contributed by atoms with Crippen molar-refractivity contribution in [1.82, 2.24) is 10.3 Å². The molecule has 2 atom stereocenters. The third-order valence-corrected chi connectivity index (χ3v) is 4.07. The summed E-state index contributed by atoms with van der Waals surface area (Å²) in [6.07, 6.45) is 2.68. The Bertz CT molecular complexity index is 667. The molecule has 1 fully saturated rings. The maximum atomic E-state index is 12.1. The van der Waals surface area contributed by atoms with Crippen LogP contribution in [0, 0.1) is 5.92 Å². The molecule has 1 saturated carbocycles. The Kier molecular flexibility index (Phi) is 4.29. The molecule has 1 aromatic carbocycles. The van der Waals surface area contributed by atoms with E-state index in [-0.39, 0.29) is 24.5 Å². The fourth-order valence-corrected chi connectivity index (χ4v) is 2.87. The monoisotopic (exact) mass is 304 g/mol. The molecule has 1 heterocycles. The second-order valence-corrected chi connectivity index (χ2v) is 5.68. The number of rotatable bonds is 4. The molecular formula is C16H20N2O4. The average Bonchev–Trinajstić information content (AvgIpc) is 2.94. The summed E-state index contributed by atoms with van der Waals surface area (Å²) in [5.74, 6) is 1.02. The number of nitrogens with zero attached hydrogens (tertiary/aromatic N) is 1. The first-order chi connectivity index (χ1) is 10.7. The van der Waals surface area contributed by atoms with Crippen molar-refractivity contribution in [3.05, 3.63) is 24.1 Å². The van der Waals surface area contributed by atoms with Crippen molar-refractivity contribution in [2.75, 3.05) is 7.11 Å². The zero-order valence-electron chi connectivity index (χ0n) is 12.5. The SMILES string of the molecule is COc1ccc2oc(CNC(=O)[C@@H]3CCC[C@H](O)C3)nc2c1. The normalized spacial score (nSPS) is 21.7. The van der Waals surface area contributed by atoms with Crippen molar-refractivity contribution >= 4 is 17.0 Å². The molecule has 0 spiro atoms. The molecule has 6 heteroatoms. The van der Waals surface area contributed by atoms with E-state index in [0.29, 0.717) is 29.2 Å². The minimum atomic E-state index is -0.360. The number of carbonyl (C=O) groups is 1. The second-order valence-electron chi connectivity index (χ2n) is 5.68. The van der Waals surface area contributed by atoms with E-state index in [0.717, 1.165) is 19.3 Å². The highest BCUT2D eigenvalue weighted by atomic mass is 16.5. The topological polar surface area (TPSA) is 84.6 Å². The summed E-state index contributed by atoms with van der Waals surface area (Å²) in [5.41, 5.74) is 1.37. The molecule has 2 N–H and O–H groups in total. The number of hydrogen-bond donors (Lipinski definition) is 2. The average molecular weight is 304 g/mol. The summed E-state index contributed by atoms with van der Waals surface area (Å²) in [6, 6.07) is 5.39. The van der Waals surface area contributed by atoms with Crippen LogP contribution in [0.5, 0.6) is 5.75 Å². The van der Waals surface area contributed by atoms with Crippen molar-refractivity contribution in [3.63, 3.8) is 0 Å². The van der Waals surface area contributed by atoms with Crippen LogP contribution in [0.4, 0.5) is 0 Å². The highest BCUT2D eigenvalue weighted by molar-refractivity contribution is 5.79. The summed E-state index contributed by atoms with van der Waals surface area (Å²) >= 11 is 0. The molecule has 0 radical (unpaired) electrons. The molecule has 0 unspecified atom stereocenters. The predicted octanol–water partition coefficient (Wildman–Crippen LogP) is 2.00. The zero-order chi connectivity index (χ0) is 15.5. The van der Waals surface area contributed by atoms with Gasteiger partial charge in [0.05, 0.1) is 19.8 Å². The molecule has 1 amide bonds. The molecule has 1 aromatic heterocycles. The van der Waals surface area contributed by atoms with Gasteiger partial charge in [-0.2, -0.15) is 0 Å². The molecule has 118 valence electrons. The van der Waals surface area contributed by atoms with Crippen LogP contribution in [-0.2, 0) is 11.3 Å². The molecule has 3 rings (SSSR count). The highest BCUT2D eigenvalue weighted by Crippen LogP contribution is 2.25. The Morgan fingerprint density at radius 2 is 2.36 bits per heavy atom. The molecule has 1 aliphatic rings. The van der Waals surface area contributed by atoms with Crippen LogP contribution in [0.25, 0.3) is 11.1 Å². The van der Waals surface area contributed by atoms with Crippen LogP contribution in [0.3, 0.4) is 0 Å². The largest absolute Gasteiger partial charge is 0.497 e. The molecule has 2 aromatic rings. The number of ether oxygens (including phenoxy) is 1. The number of fused-ring (bicyclic) bond motifs is 1. The van der Waals surface area contributed by atoms with E-state index in [4.69, 9.17) is 9.15 Å². The lowest BCUT2D eigenvalue weighted by atomic mass is 9.87. The van der Waals surface area contributed by atoms with Gasteiger partial charge in [0.2, 0.25) is 11.8 Å². The van der Waals surface area contributed by atoms with Crippen molar-refractivity contribution in [3.8, 4) is 5.75 Å². The van der Waals surface area contributed by atoms with Gasteiger partial charge < -0.3 is 19.6 Å². The third-order valence-electron chi connectivity index (χ3n) is 4.07. The van der Waals surface area contributed by atoms with Gasteiger partial charge in [0.15, 0.2) is 5.58 Å². The summed E-state index contributed by atoms with van der Waals surface area (Å²) < 4.78 is 10.7. The van der Waals surface area contributed by atoms with Gasteiger partial charge >= 0.3 is 0 Å². The van der Waals surface area contributed by atoms with Gasteiger partial charge in [-0.05, 0) is 31.4 Å². The van der Waals surface area contributed by atoms with Crippen LogP contribution >= 0.6 is 0 Å². The number of carbonyl (C=O) groups excluding carboxylic acids is 1. The van der Waals surface area contributed by atoms with Gasteiger partial charge in [0.25, 0.3) is 0 Å². The van der Waals surface area contributed by atoms with Crippen molar-refractivity contribution in [1.29, 1.82) is 0 Å². The third kappa shape index (κ3) is 3.22. The predicted molar refractivity (Wildman–Crippen MR) is 80.4 cm³/mol. The summed E-state index contributed by atoms with van der Waals surface area (Å²) in [7, 11) is 1.60. The number of methoxy groups -OCH3 is 1. The molecule has 6 nitrogen and oxygen atoms in total. The number of oxazole rings is 1. The van der Waals surface area contributed by atoms with E-state index in [9.17, 15) is 9.90 Å². The Morgan fingerprint density at radius 3 is 3.14 bits per heavy atom. The van der Waals surface area contributed by atoms with Gasteiger partial charge in [-0.25, -0.2) is 4.98 Å². The fourth-order valence-electron chi connectivity index (χ4n) is 2.87. The van der Waals surface area contributed by atoms with E-state index in [1.54, 1.807) is 25.3 Å². The first-order valence-electron chi connectivity index (χ1n) is 7.55. The lowest BCUT2D eigenvalue weighted by Gasteiger charge is -2.24. The summed E-state index contributed by atoms with van der Waals surface area (Å²) in [4.78, 5) is 16.5. The lowest BCUT2D eigenvalue weighted by Crippen LogP contribution is -2.34. The Balaban J connectivity index is 1.62. The quantitative estimate of drug-likeness (QED) is 0.902. The minimum Gasteiger partial charge on any atom is -0.497 e. The highest BCUT2D eigenvalue weighted by Gasteiger charge is 2.26. The first kappa shape index (κ1) is 14.8. The summed E-state index contributed by atoms with van der Waals surface area (Å²) in [6.45, 7) is 0.252. The van der Waals surface area contributed by atoms with E-state index in [1.807, 2.05) is 0 Å². The van der Waals surface area contributed by atoms with Crippen LogP contribution < -0.4 is 10.1 Å². The molecule has 0 aliphatic heterocycles. The van der Waals surface area contributed by atoms with Gasteiger partial charge in [-0.3, -0.25) is 4.79 Å². The lowest BCUT2D eigenvalue weighted by molar-refractivity contribution is -0.127. The van der Waals surface area contributed by atoms with Gasteiger partial charge in [-0.15, -0.1) is 0 Å². The van der Waals surface area contributed by atoms with E-state index < -0.39 is 0 Å². The van der Waals surface area contributed by atoms with E-state index >= 15 is 0 Å². The molecule has 0 saturated heterocycles. The minimum absolute atomic E-state index is 0.0430. The van der Waals surface area contributed by atoms with Gasteiger partial charge in [0, 0.05) is 12.0 Å². The van der Waals surface area contributed by atoms with Gasteiger partial charge in [0.1, 0.15) is 11.3 Å². The van der Waals surface area contributed by atoms with Crippen molar-refractivity contribution in [2.24, 2.45) is 5.92 Å². The first-order valence-corrected chi connectivity index (χ1v) is 7.55. The second kappa shape index (κ2) is 6.36. The van der Waals surface area contributed by atoms with Crippen molar-refractivity contribution < 1.29 is 19.1 Å². The number of aliphatic hydroxyl groups excluding tert-OH is 1. The Labute approximate surface area is 128 Å². The number of nitrogens with one attached hydrogen (secondary N) is 1. The number of aromatic nitrogens is 1. The van der Waals surface area contributed by atoms with Crippen LogP contribution in [0.2, 0.25) is 0 Å². The maximum absolute atomic E-state index is 12.1. The smallest absolute Gasteiger partial charge is 0.223 e. The Hall–Kier alpha value is -2.08.